The van der Waals surface area contributed by atoms with Gasteiger partial charge in [-0.25, -0.2) is 0 Å². The van der Waals surface area contributed by atoms with Crippen LogP contribution in [0.15, 0.2) is 24.3 Å². The van der Waals surface area contributed by atoms with E-state index in [9.17, 15) is 0 Å². The highest BCUT2D eigenvalue weighted by Gasteiger charge is 2.39. The van der Waals surface area contributed by atoms with Crippen LogP contribution in [0.3, 0.4) is 0 Å². The average molecular weight is 298 g/mol. The van der Waals surface area contributed by atoms with Crippen molar-refractivity contribution in [1.29, 1.82) is 0 Å². The van der Waals surface area contributed by atoms with Crippen LogP contribution in [0, 0.1) is 11.8 Å². The van der Waals surface area contributed by atoms with E-state index in [1.807, 2.05) is 0 Å². The van der Waals surface area contributed by atoms with Crippen LogP contribution in [0.1, 0.15) is 49.7 Å². The van der Waals surface area contributed by atoms with Crippen molar-refractivity contribution in [3.63, 3.8) is 0 Å². The second kappa shape index (κ2) is 6.33. The van der Waals surface area contributed by atoms with Crippen LogP contribution in [-0.4, -0.2) is 37.1 Å². The summed E-state index contributed by atoms with van der Waals surface area (Å²) in [6.07, 6.45) is 6.82. The molecular weight excluding hydrogens is 268 g/mol. The van der Waals surface area contributed by atoms with Gasteiger partial charge in [0, 0.05) is 12.6 Å². The van der Waals surface area contributed by atoms with E-state index >= 15 is 0 Å². The Balaban J connectivity index is 1.36. The molecule has 2 aliphatic heterocycles. The molecule has 0 unspecified atom stereocenters. The highest BCUT2D eigenvalue weighted by molar-refractivity contribution is 5.27. The predicted octanol–water partition coefficient (Wildman–Crippen LogP) is 3.43. The lowest BCUT2D eigenvalue weighted by Gasteiger charge is -2.21. The largest absolute Gasteiger partial charge is 0.316 e. The smallest absolute Gasteiger partial charge is 0.00675 e. The molecule has 120 valence electrons. The second-order valence-electron chi connectivity index (χ2n) is 7.78. The van der Waals surface area contributed by atoms with Gasteiger partial charge in [-0.3, -0.25) is 0 Å². The molecular formula is C20H30N2. The van der Waals surface area contributed by atoms with Gasteiger partial charge in [-0.05, 0) is 87.5 Å². The number of hydrogen-bond donors (Lipinski definition) is 1. The third kappa shape index (κ3) is 2.83. The van der Waals surface area contributed by atoms with Crippen LogP contribution in [-0.2, 0) is 6.42 Å². The van der Waals surface area contributed by atoms with E-state index in [1.54, 1.807) is 5.56 Å². The van der Waals surface area contributed by atoms with Crippen molar-refractivity contribution in [3.05, 3.63) is 35.4 Å². The molecule has 2 heterocycles. The van der Waals surface area contributed by atoms with Crippen LogP contribution >= 0.6 is 0 Å². The standard InChI is InChI=1S/C20H30N2/c1-15-3-2-11-22(15)12-10-16-4-6-17(7-5-16)19-9-8-18-13-21-14-20(18)19/h4-7,15,18-21H,2-3,8-14H2,1H3/t15-,18-,19-,20+/m1/s1. The first-order valence-electron chi connectivity index (χ1n) is 9.35. The molecule has 1 aliphatic carbocycles. The highest BCUT2D eigenvalue weighted by atomic mass is 15.2. The van der Waals surface area contributed by atoms with Crippen LogP contribution < -0.4 is 5.32 Å². The van der Waals surface area contributed by atoms with Gasteiger partial charge in [0.2, 0.25) is 0 Å². The minimum atomic E-state index is 0.796. The lowest BCUT2D eigenvalue weighted by Crippen LogP contribution is -2.28. The van der Waals surface area contributed by atoms with E-state index in [0.717, 1.165) is 23.8 Å². The number of likely N-dealkylation sites (tertiary alicyclic amines) is 1. The third-order valence-corrected chi connectivity index (χ3v) is 6.54. The summed E-state index contributed by atoms with van der Waals surface area (Å²) in [6, 6.07) is 10.4. The Labute approximate surface area is 135 Å². The first kappa shape index (κ1) is 14.7. The SMILES string of the molecule is C[C@@H]1CCCN1CCc1ccc([C@H]2CC[C@@H]3CNC[C@@H]32)cc1. The summed E-state index contributed by atoms with van der Waals surface area (Å²) in [6.45, 7) is 7.41. The number of benzene rings is 1. The van der Waals surface area contributed by atoms with E-state index < -0.39 is 0 Å². The van der Waals surface area contributed by atoms with Crippen molar-refractivity contribution in [3.8, 4) is 0 Å². The molecule has 0 amide bonds. The van der Waals surface area contributed by atoms with Crippen LogP contribution in [0.4, 0.5) is 0 Å². The molecule has 2 nitrogen and oxygen atoms in total. The van der Waals surface area contributed by atoms with Crippen molar-refractivity contribution in [2.75, 3.05) is 26.2 Å². The molecule has 1 saturated carbocycles. The maximum atomic E-state index is 3.59. The van der Waals surface area contributed by atoms with Gasteiger partial charge in [0.1, 0.15) is 0 Å². The van der Waals surface area contributed by atoms with Crippen molar-refractivity contribution in [2.45, 2.75) is 51.0 Å². The summed E-state index contributed by atoms with van der Waals surface area (Å²) < 4.78 is 0. The number of hydrogen-bond acceptors (Lipinski definition) is 2. The van der Waals surface area contributed by atoms with E-state index in [0.29, 0.717) is 0 Å². The summed E-state index contributed by atoms with van der Waals surface area (Å²) in [4.78, 5) is 2.65. The topological polar surface area (TPSA) is 15.3 Å². The van der Waals surface area contributed by atoms with Crippen LogP contribution in [0.5, 0.6) is 0 Å². The first-order valence-corrected chi connectivity index (χ1v) is 9.35. The van der Waals surface area contributed by atoms with Gasteiger partial charge in [0.15, 0.2) is 0 Å². The zero-order chi connectivity index (χ0) is 14.9. The maximum Gasteiger partial charge on any atom is 0.00675 e. The molecule has 3 aliphatic rings. The molecule has 0 spiro atoms. The zero-order valence-corrected chi connectivity index (χ0v) is 13.9. The molecule has 1 N–H and O–H groups in total. The van der Waals surface area contributed by atoms with Gasteiger partial charge in [0.25, 0.3) is 0 Å². The van der Waals surface area contributed by atoms with Gasteiger partial charge < -0.3 is 10.2 Å². The van der Waals surface area contributed by atoms with Gasteiger partial charge >= 0.3 is 0 Å². The minimum Gasteiger partial charge on any atom is -0.316 e. The summed E-state index contributed by atoms with van der Waals surface area (Å²) in [5, 5.41) is 3.59. The number of fused-ring (bicyclic) bond motifs is 1. The fraction of sp³-hybridized carbons (Fsp3) is 0.700. The second-order valence-corrected chi connectivity index (χ2v) is 7.78. The Bertz CT molecular complexity index is 495. The summed E-state index contributed by atoms with van der Waals surface area (Å²) in [5.41, 5.74) is 3.11. The third-order valence-electron chi connectivity index (χ3n) is 6.54. The normalized spacial score (nSPS) is 35.1. The van der Waals surface area contributed by atoms with Gasteiger partial charge in [-0.15, -0.1) is 0 Å². The summed E-state index contributed by atoms with van der Waals surface area (Å²) in [7, 11) is 0. The Morgan fingerprint density at radius 2 is 1.95 bits per heavy atom. The summed E-state index contributed by atoms with van der Waals surface area (Å²) in [5.74, 6) is 2.66. The summed E-state index contributed by atoms with van der Waals surface area (Å²) >= 11 is 0. The lowest BCUT2D eigenvalue weighted by molar-refractivity contribution is 0.272. The lowest BCUT2D eigenvalue weighted by atomic mass is 9.86. The molecule has 1 aromatic rings. The molecule has 0 aromatic heterocycles. The fourth-order valence-electron chi connectivity index (χ4n) is 5.09. The van der Waals surface area contributed by atoms with Gasteiger partial charge in [0.05, 0.1) is 0 Å². The molecule has 1 aromatic carbocycles. The molecule has 0 radical (unpaired) electrons. The van der Waals surface area contributed by atoms with Crippen molar-refractivity contribution in [1.82, 2.24) is 10.2 Å². The van der Waals surface area contributed by atoms with E-state index in [2.05, 4.69) is 41.4 Å². The van der Waals surface area contributed by atoms with E-state index in [1.165, 1.54) is 63.8 Å². The van der Waals surface area contributed by atoms with Crippen LogP contribution in [0.2, 0.25) is 0 Å². The van der Waals surface area contributed by atoms with Crippen molar-refractivity contribution < 1.29 is 0 Å². The predicted molar refractivity (Wildman–Crippen MR) is 92.2 cm³/mol. The Kier molecular flexibility index (Phi) is 4.23. The fourth-order valence-corrected chi connectivity index (χ4v) is 5.09. The zero-order valence-electron chi connectivity index (χ0n) is 13.9. The maximum absolute atomic E-state index is 3.59. The Hall–Kier alpha value is -0.860. The molecule has 3 fully saturated rings. The number of nitrogens with one attached hydrogen (secondary N) is 1. The van der Waals surface area contributed by atoms with Crippen molar-refractivity contribution in [2.24, 2.45) is 11.8 Å². The van der Waals surface area contributed by atoms with Crippen LogP contribution in [0.25, 0.3) is 0 Å². The molecule has 2 saturated heterocycles. The monoisotopic (exact) mass is 298 g/mol. The molecule has 4 rings (SSSR count). The Morgan fingerprint density at radius 3 is 2.73 bits per heavy atom. The average Bonchev–Trinajstić information content (AvgIpc) is 3.22. The number of nitrogens with zero attached hydrogens (tertiary/aromatic N) is 1. The Morgan fingerprint density at radius 1 is 1.09 bits per heavy atom. The minimum absolute atomic E-state index is 0.796. The quantitative estimate of drug-likeness (QED) is 0.916. The van der Waals surface area contributed by atoms with Crippen molar-refractivity contribution >= 4 is 0 Å². The van der Waals surface area contributed by atoms with E-state index in [4.69, 9.17) is 0 Å². The van der Waals surface area contributed by atoms with Gasteiger partial charge in [-0.1, -0.05) is 24.3 Å². The highest BCUT2D eigenvalue weighted by Crippen LogP contribution is 2.45. The molecule has 4 atom stereocenters. The molecule has 22 heavy (non-hydrogen) atoms. The number of rotatable bonds is 4. The molecule has 0 bridgehead atoms. The van der Waals surface area contributed by atoms with Gasteiger partial charge in [-0.2, -0.15) is 0 Å². The molecule has 2 heteroatoms. The van der Waals surface area contributed by atoms with E-state index in [-0.39, 0.29) is 0 Å². The first-order chi connectivity index (χ1) is 10.8.